The van der Waals surface area contributed by atoms with E-state index >= 15 is 0 Å². The molecule has 1 aromatic carbocycles. The maximum Gasteiger partial charge on any atom is 0.238 e. The van der Waals surface area contributed by atoms with E-state index in [0.29, 0.717) is 12.6 Å². The largest absolute Gasteiger partial charge is 0.324 e. The van der Waals surface area contributed by atoms with Crippen molar-refractivity contribution >= 4 is 23.4 Å². The van der Waals surface area contributed by atoms with Crippen LogP contribution in [0.1, 0.15) is 32.1 Å². The lowest BCUT2D eigenvalue weighted by Crippen LogP contribution is -2.37. The number of rotatable bonds is 7. The predicted octanol–water partition coefficient (Wildman–Crippen LogP) is 3.83. The van der Waals surface area contributed by atoms with E-state index in [0.717, 1.165) is 16.3 Å². The van der Waals surface area contributed by atoms with Gasteiger partial charge in [0.1, 0.15) is 0 Å². The third kappa shape index (κ3) is 5.56. The van der Waals surface area contributed by atoms with Crippen LogP contribution in [0.3, 0.4) is 0 Å². The number of benzene rings is 1. The average Bonchev–Trinajstić information content (AvgIpc) is 2.53. The standard InChI is InChI=1S/C17H24N2OS/c1-2-12-21-16-11-7-6-10-15(16)19-17(20)13-18-14-8-4-3-5-9-14/h2,6-7,10-11,14,18H,1,3-5,8-9,12-13H2,(H,19,20). The Bertz CT molecular complexity index is 470. The van der Waals surface area contributed by atoms with Crippen LogP contribution in [0.15, 0.2) is 41.8 Å². The summed E-state index contributed by atoms with van der Waals surface area (Å²) in [6.45, 7) is 4.12. The Morgan fingerprint density at radius 2 is 2.05 bits per heavy atom. The molecule has 1 aliphatic rings. The molecule has 21 heavy (non-hydrogen) atoms. The molecule has 0 radical (unpaired) electrons. The van der Waals surface area contributed by atoms with Crippen molar-refractivity contribution in [2.45, 2.75) is 43.0 Å². The lowest BCUT2D eigenvalue weighted by molar-refractivity contribution is -0.115. The van der Waals surface area contributed by atoms with Crippen LogP contribution in [0, 0.1) is 0 Å². The van der Waals surface area contributed by atoms with Crippen LogP contribution in [0.25, 0.3) is 0 Å². The maximum atomic E-state index is 12.1. The van der Waals surface area contributed by atoms with Gasteiger partial charge in [0.05, 0.1) is 12.2 Å². The Labute approximate surface area is 131 Å². The fourth-order valence-corrected chi connectivity index (χ4v) is 3.33. The summed E-state index contributed by atoms with van der Waals surface area (Å²) in [4.78, 5) is 13.2. The molecule has 2 N–H and O–H groups in total. The minimum absolute atomic E-state index is 0.0345. The Morgan fingerprint density at radius 1 is 1.29 bits per heavy atom. The Morgan fingerprint density at radius 3 is 2.81 bits per heavy atom. The molecule has 0 aliphatic heterocycles. The number of thioether (sulfide) groups is 1. The normalized spacial score (nSPS) is 15.6. The zero-order valence-corrected chi connectivity index (χ0v) is 13.3. The van der Waals surface area contributed by atoms with Crippen LogP contribution >= 0.6 is 11.8 Å². The fourth-order valence-electron chi connectivity index (χ4n) is 2.58. The quantitative estimate of drug-likeness (QED) is 0.594. The van der Waals surface area contributed by atoms with Gasteiger partial charge in [0, 0.05) is 16.7 Å². The number of amides is 1. The highest BCUT2D eigenvalue weighted by Crippen LogP contribution is 2.26. The van der Waals surface area contributed by atoms with Crippen molar-refractivity contribution in [2.24, 2.45) is 0 Å². The van der Waals surface area contributed by atoms with Crippen LogP contribution in [-0.2, 0) is 4.79 Å². The van der Waals surface area contributed by atoms with E-state index in [2.05, 4.69) is 17.2 Å². The van der Waals surface area contributed by atoms with Crippen molar-refractivity contribution in [3.8, 4) is 0 Å². The van der Waals surface area contributed by atoms with Gasteiger partial charge in [-0.3, -0.25) is 4.79 Å². The first-order chi connectivity index (χ1) is 10.3. The van der Waals surface area contributed by atoms with E-state index in [1.54, 1.807) is 11.8 Å². The van der Waals surface area contributed by atoms with Crippen molar-refractivity contribution in [1.82, 2.24) is 5.32 Å². The van der Waals surface area contributed by atoms with E-state index in [4.69, 9.17) is 0 Å². The van der Waals surface area contributed by atoms with Crippen LogP contribution < -0.4 is 10.6 Å². The van der Waals surface area contributed by atoms with Crippen LogP contribution in [-0.4, -0.2) is 24.2 Å². The highest BCUT2D eigenvalue weighted by Gasteiger charge is 2.14. The number of anilines is 1. The first-order valence-electron chi connectivity index (χ1n) is 7.65. The van der Waals surface area contributed by atoms with Crippen molar-refractivity contribution in [3.63, 3.8) is 0 Å². The molecule has 0 atom stereocenters. The van der Waals surface area contributed by atoms with Crippen molar-refractivity contribution in [1.29, 1.82) is 0 Å². The zero-order valence-electron chi connectivity index (χ0n) is 12.4. The summed E-state index contributed by atoms with van der Waals surface area (Å²) < 4.78 is 0. The molecule has 1 saturated carbocycles. The molecular formula is C17H24N2OS. The van der Waals surface area contributed by atoms with E-state index in [9.17, 15) is 4.79 Å². The maximum absolute atomic E-state index is 12.1. The zero-order chi connectivity index (χ0) is 14.9. The summed E-state index contributed by atoms with van der Waals surface area (Å²) in [6, 6.07) is 8.42. The molecule has 1 aromatic rings. The van der Waals surface area contributed by atoms with Gasteiger partial charge in [-0.1, -0.05) is 37.5 Å². The Hall–Kier alpha value is -1.26. The minimum atomic E-state index is 0.0345. The summed E-state index contributed by atoms with van der Waals surface area (Å²) in [5.41, 5.74) is 0.889. The predicted molar refractivity (Wildman–Crippen MR) is 90.9 cm³/mol. The van der Waals surface area contributed by atoms with Crippen molar-refractivity contribution in [2.75, 3.05) is 17.6 Å². The molecule has 1 amide bonds. The number of hydrogen-bond donors (Lipinski definition) is 2. The molecule has 114 valence electrons. The van der Waals surface area contributed by atoms with Gasteiger partial charge in [0.25, 0.3) is 0 Å². The molecule has 4 heteroatoms. The van der Waals surface area contributed by atoms with Gasteiger partial charge in [0.2, 0.25) is 5.91 Å². The Kier molecular flexibility index (Phi) is 6.83. The van der Waals surface area contributed by atoms with Crippen LogP contribution in [0.5, 0.6) is 0 Å². The highest BCUT2D eigenvalue weighted by molar-refractivity contribution is 7.99. The lowest BCUT2D eigenvalue weighted by atomic mass is 9.95. The molecule has 0 saturated heterocycles. The fraction of sp³-hybridized carbons (Fsp3) is 0.471. The van der Waals surface area contributed by atoms with Gasteiger partial charge in [0.15, 0.2) is 0 Å². The SMILES string of the molecule is C=CCSc1ccccc1NC(=O)CNC1CCCCC1. The van der Waals surface area contributed by atoms with Gasteiger partial charge >= 0.3 is 0 Å². The van der Waals surface area contributed by atoms with Crippen LogP contribution in [0.2, 0.25) is 0 Å². The van der Waals surface area contributed by atoms with E-state index in [1.807, 2.05) is 30.3 Å². The molecule has 0 bridgehead atoms. The van der Waals surface area contributed by atoms with Crippen LogP contribution in [0.4, 0.5) is 5.69 Å². The van der Waals surface area contributed by atoms with E-state index in [1.165, 1.54) is 32.1 Å². The second kappa shape index (κ2) is 8.90. The second-order valence-corrected chi connectivity index (χ2v) is 6.42. The molecule has 3 nitrogen and oxygen atoms in total. The summed E-state index contributed by atoms with van der Waals surface area (Å²) in [6.07, 6.45) is 8.14. The third-order valence-electron chi connectivity index (χ3n) is 3.67. The molecule has 0 heterocycles. The molecule has 1 aliphatic carbocycles. The van der Waals surface area contributed by atoms with E-state index < -0.39 is 0 Å². The van der Waals surface area contributed by atoms with Gasteiger partial charge in [-0.05, 0) is 25.0 Å². The van der Waals surface area contributed by atoms with Gasteiger partial charge in [-0.15, -0.1) is 18.3 Å². The Balaban J connectivity index is 1.82. The summed E-state index contributed by atoms with van der Waals surface area (Å²) >= 11 is 1.68. The van der Waals surface area contributed by atoms with Crippen molar-refractivity contribution in [3.05, 3.63) is 36.9 Å². The summed E-state index contributed by atoms with van der Waals surface area (Å²) in [5, 5.41) is 6.37. The van der Waals surface area contributed by atoms with Gasteiger partial charge in [-0.25, -0.2) is 0 Å². The summed E-state index contributed by atoms with van der Waals surface area (Å²) in [7, 11) is 0. The number of hydrogen-bond acceptors (Lipinski definition) is 3. The monoisotopic (exact) mass is 304 g/mol. The molecular weight excluding hydrogens is 280 g/mol. The molecule has 0 aromatic heterocycles. The van der Waals surface area contributed by atoms with E-state index in [-0.39, 0.29) is 5.91 Å². The molecule has 2 rings (SSSR count). The lowest BCUT2D eigenvalue weighted by Gasteiger charge is -2.22. The minimum Gasteiger partial charge on any atom is -0.324 e. The molecule has 1 fully saturated rings. The average molecular weight is 304 g/mol. The number of carbonyl (C=O) groups excluding carboxylic acids is 1. The molecule has 0 spiro atoms. The topological polar surface area (TPSA) is 41.1 Å². The third-order valence-corrected chi connectivity index (χ3v) is 4.74. The first kappa shape index (κ1) is 16.1. The molecule has 0 unspecified atom stereocenters. The summed E-state index contributed by atoms with van der Waals surface area (Å²) in [5.74, 6) is 0.875. The highest BCUT2D eigenvalue weighted by atomic mass is 32.2. The number of carbonyl (C=O) groups is 1. The van der Waals surface area contributed by atoms with Gasteiger partial charge in [-0.2, -0.15) is 0 Å². The first-order valence-corrected chi connectivity index (χ1v) is 8.64. The number of nitrogens with one attached hydrogen (secondary N) is 2. The second-order valence-electron chi connectivity index (χ2n) is 5.36. The van der Waals surface area contributed by atoms with Gasteiger partial charge < -0.3 is 10.6 Å². The van der Waals surface area contributed by atoms with Crippen molar-refractivity contribution < 1.29 is 4.79 Å². The number of para-hydroxylation sites is 1. The smallest absolute Gasteiger partial charge is 0.238 e.